The molecule has 6 nitrogen and oxygen atoms in total. The molecule has 0 saturated carbocycles. The van der Waals surface area contributed by atoms with Crippen LogP contribution in [0, 0.1) is 0 Å². The molecular weight excluding hydrogens is 434 g/mol. The van der Waals surface area contributed by atoms with Gasteiger partial charge in [0.15, 0.2) is 0 Å². The van der Waals surface area contributed by atoms with Gasteiger partial charge in [0.2, 0.25) is 10.0 Å². The first-order chi connectivity index (χ1) is 12.9. The molecule has 0 unspecified atom stereocenters. The van der Waals surface area contributed by atoms with Crippen LogP contribution < -0.4 is 4.74 Å². The van der Waals surface area contributed by atoms with Crippen molar-refractivity contribution in [3.63, 3.8) is 0 Å². The first kappa shape index (κ1) is 19.8. The molecule has 2 aromatic carbocycles. The van der Waals surface area contributed by atoms with E-state index in [1.807, 2.05) is 0 Å². The normalized spacial score (nSPS) is 15.7. The number of rotatable bonds is 5. The van der Waals surface area contributed by atoms with Crippen molar-refractivity contribution in [2.24, 2.45) is 0 Å². The van der Waals surface area contributed by atoms with Crippen LogP contribution in [0.15, 0.2) is 64.0 Å². The van der Waals surface area contributed by atoms with E-state index in [9.17, 15) is 13.2 Å². The summed E-state index contributed by atoms with van der Waals surface area (Å²) in [5, 5.41) is 0. The highest BCUT2D eigenvalue weighted by Crippen LogP contribution is 2.19. The first-order valence-corrected chi connectivity index (χ1v) is 10.5. The van der Waals surface area contributed by atoms with E-state index in [0.29, 0.717) is 37.6 Å². The van der Waals surface area contributed by atoms with Gasteiger partial charge in [-0.1, -0.05) is 28.1 Å². The van der Waals surface area contributed by atoms with Gasteiger partial charge in [-0.05, 0) is 48.0 Å². The van der Waals surface area contributed by atoms with E-state index >= 15 is 0 Å². The summed E-state index contributed by atoms with van der Waals surface area (Å²) in [5.41, 5.74) is 0.698. The number of nitrogens with zero attached hydrogens (tertiary/aromatic N) is 1. The van der Waals surface area contributed by atoms with Gasteiger partial charge in [-0.2, -0.15) is 4.31 Å². The topological polar surface area (TPSA) is 72.9 Å². The van der Waals surface area contributed by atoms with Crippen LogP contribution in [0.25, 0.3) is 6.08 Å². The number of benzene rings is 2. The summed E-state index contributed by atoms with van der Waals surface area (Å²) in [7, 11) is -3.52. The van der Waals surface area contributed by atoms with Crippen molar-refractivity contribution in [1.82, 2.24) is 4.31 Å². The highest BCUT2D eigenvalue weighted by Gasteiger charge is 2.25. The van der Waals surface area contributed by atoms with Gasteiger partial charge in [-0.25, -0.2) is 13.2 Å². The second kappa shape index (κ2) is 8.79. The summed E-state index contributed by atoms with van der Waals surface area (Å²) >= 11 is 3.31. The number of hydrogen-bond acceptors (Lipinski definition) is 5. The fraction of sp³-hybridized carbons (Fsp3) is 0.211. The number of esters is 1. The number of carbonyl (C=O) groups is 1. The number of ether oxygens (including phenoxy) is 2. The van der Waals surface area contributed by atoms with Gasteiger partial charge in [0.25, 0.3) is 0 Å². The van der Waals surface area contributed by atoms with Crippen LogP contribution >= 0.6 is 15.9 Å². The minimum atomic E-state index is -3.52. The Labute approximate surface area is 166 Å². The zero-order valence-electron chi connectivity index (χ0n) is 14.4. The second-order valence-corrected chi connectivity index (χ2v) is 8.65. The fourth-order valence-electron chi connectivity index (χ4n) is 2.50. The van der Waals surface area contributed by atoms with Crippen molar-refractivity contribution in [1.29, 1.82) is 0 Å². The van der Waals surface area contributed by atoms with Crippen LogP contribution in [0.2, 0.25) is 0 Å². The highest BCUT2D eigenvalue weighted by atomic mass is 79.9. The monoisotopic (exact) mass is 451 g/mol. The van der Waals surface area contributed by atoms with E-state index < -0.39 is 16.0 Å². The van der Waals surface area contributed by atoms with Gasteiger partial charge in [0.05, 0.1) is 18.1 Å². The SMILES string of the molecule is O=C(/C=C/c1ccc(S(=O)(=O)N2CCOCC2)cc1)Oc1ccc(Br)cc1. The van der Waals surface area contributed by atoms with Crippen molar-refractivity contribution in [3.8, 4) is 5.75 Å². The lowest BCUT2D eigenvalue weighted by Gasteiger charge is -2.26. The van der Waals surface area contributed by atoms with E-state index in [0.717, 1.165) is 4.47 Å². The minimum Gasteiger partial charge on any atom is -0.423 e. The molecule has 2 aromatic rings. The average molecular weight is 452 g/mol. The Morgan fingerprint density at radius 1 is 1.04 bits per heavy atom. The zero-order chi connectivity index (χ0) is 19.3. The molecule has 1 fully saturated rings. The van der Waals surface area contributed by atoms with Gasteiger partial charge in [-0.15, -0.1) is 0 Å². The maximum atomic E-state index is 12.6. The summed E-state index contributed by atoms with van der Waals surface area (Å²) in [4.78, 5) is 12.1. The largest absolute Gasteiger partial charge is 0.423 e. The highest BCUT2D eigenvalue weighted by molar-refractivity contribution is 9.10. The van der Waals surface area contributed by atoms with Crippen molar-refractivity contribution < 1.29 is 22.7 Å². The van der Waals surface area contributed by atoms with E-state index in [2.05, 4.69) is 15.9 Å². The van der Waals surface area contributed by atoms with Crippen molar-refractivity contribution in [3.05, 3.63) is 64.6 Å². The molecule has 0 aliphatic carbocycles. The maximum Gasteiger partial charge on any atom is 0.336 e. The lowest BCUT2D eigenvalue weighted by Crippen LogP contribution is -2.40. The summed E-state index contributed by atoms with van der Waals surface area (Å²) in [6.07, 6.45) is 2.87. The van der Waals surface area contributed by atoms with Crippen LogP contribution in [-0.2, 0) is 19.6 Å². The number of carbonyl (C=O) groups excluding carboxylic acids is 1. The number of hydrogen-bond donors (Lipinski definition) is 0. The van der Waals surface area contributed by atoms with Gasteiger partial charge in [-0.3, -0.25) is 0 Å². The molecule has 142 valence electrons. The van der Waals surface area contributed by atoms with Gasteiger partial charge in [0, 0.05) is 23.6 Å². The van der Waals surface area contributed by atoms with E-state index in [1.54, 1.807) is 42.5 Å². The molecule has 0 spiro atoms. The van der Waals surface area contributed by atoms with E-state index in [1.165, 1.54) is 22.5 Å². The Morgan fingerprint density at radius 3 is 2.30 bits per heavy atom. The van der Waals surface area contributed by atoms with E-state index in [-0.39, 0.29) is 4.90 Å². The molecule has 1 heterocycles. The number of sulfonamides is 1. The molecule has 1 aliphatic rings. The molecule has 27 heavy (non-hydrogen) atoms. The predicted octanol–water partition coefficient (Wildman–Crippen LogP) is 3.09. The molecule has 0 radical (unpaired) electrons. The summed E-state index contributed by atoms with van der Waals surface area (Å²) in [5.74, 6) is -0.0675. The molecule has 0 atom stereocenters. The quantitative estimate of drug-likeness (QED) is 0.396. The van der Waals surface area contributed by atoms with Crippen molar-refractivity contribution in [2.45, 2.75) is 4.90 Å². The Hall–Kier alpha value is -2.00. The lowest BCUT2D eigenvalue weighted by atomic mass is 10.2. The minimum absolute atomic E-state index is 0.221. The number of morpholine rings is 1. The van der Waals surface area contributed by atoms with Crippen LogP contribution in [0.1, 0.15) is 5.56 Å². The molecule has 0 N–H and O–H groups in total. The van der Waals surface area contributed by atoms with Crippen LogP contribution in [0.3, 0.4) is 0 Å². The summed E-state index contributed by atoms with van der Waals surface area (Å²) in [6, 6.07) is 13.3. The Balaban J connectivity index is 1.63. The van der Waals surface area contributed by atoms with E-state index in [4.69, 9.17) is 9.47 Å². The zero-order valence-corrected chi connectivity index (χ0v) is 16.8. The lowest BCUT2D eigenvalue weighted by molar-refractivity contribution is -0.128. The molecule has 1 aliphatic heterocycles. The molecule has 8 heteroatoms. The molecule has 3 rings (SSSR count). The summed E-state index contributed by atoms with van der Waals surface area (Å²) in [6.45, 7) is 1.51. The van der Waals surface area contributed by atoms with Crippen LogP contribution in [0.4, 0.5) is 0 Å². The van der Waals surface area contributed by atoms with Gasteiger partial charge < -0.3 is 9.47 Å². The Kier molecular flexibility index (Phi) is 6.43. The van der Waals surface area contributed by atoms with Crippen LogP contribution in [0.5, 0.6) is 5.75 Å². The smallest absolute Gasteiger partial charge is 0.336 e. The van der Waals surface area contributed by atoms with Gasteiger partial charge >= 0.3 is 5.97 Å². The molecule has 1 saturated heterocycles. The predicted molar refractivity (Wildman–Crippen MR) is 105 cm³/mol. The van der Waals surface area contributed by atoms with Crippen LogP contribution in [-0.4, -0.2) is 45.0 Å². The number of halogens is 1. The standard InChI is InChI=1S/C19H18BrNO5S/c20-16-4-6-17(7-5-16)26-19(22)10-3-15-1-8-18(9-2-15)27(23,24)21-11-13-25-14-12-21/h1-10H,11-14H2/b10-3+. The molecular formula is C19H18BrNO5S. The Bertz CT molecular complexity index is 918. The molecule has 0 amide bonds. The van der Waals surface area contributed by atoms with Gasteiger partial charge in [0.1, 0.15) is 5.75 Å². The van der Waals surface area contributed by atoms with Crippen molar-refractivity contribution >= 4 is 38.0 Å². The summed E-state index contributed by atoms with van der Waals surface area (Å²) < 4.78 is 37.8. The molecule has 0 bridgehead atoms. The third kappa shape index (κ3) is 5.26. The third-order valence-electron chi connectivity index (χ3n) is 3.93. The Morgan fingerprint density at radius 2 is 1.67 bits per heavy atom. The van der Waals surface area contributed by atoms with Crippen molar-refractivity contribution in [2.75, 3.05) is 26.3 Å². The second-order valence-electron chi connectivity index (χ2n) is 5.79. The molecule has 0 aromatic heterocycles. The maximum absolute atomic E-state index is 12.6. The average Bonchev–Trinajstić information content (AvgIpc) is 2.69. The fourth-order valence-corrected chi connectivity index (χ4v) is 4.18. The third-order valence-corrected chi connectivity index (χ3v) is 6.37. The first-order valence-electron chi connectivity index (χ1n) is 8.28.